The van der Waals surface area contributed by atoms with Crippen molar-refractivity contribution in [3.8, 4) is 0 Å². The minimum atomic E-state index is -1.15. The van der Waals surface area contributed by atoms with Gasteiger partial charge in [0.15, 0.2) is 12.2 Å². The molecule has 8 heteroatoms. The molecule has 2 rings (SSSR count). The third-order valence-electron chi connectivity index (χ3n) is 4.52. The summed E-state index contributed by atoms with van der Waals surface area (Å²) >= 11 is 0. The van der Waals surface area contributed by atoms with Crippen molar-refractivity contribution in [1.82, 2.24) is 5.32 Å². The van der Waals surface area contributed by atoms with Crippen molar-refractivity contribution in [1.29, 1.82) is 0 Å². The Hall–Kier alpha value is -1.22. The topological polar surface area (TPSA) is 103 Å². The zero-order valence-corrected chi connectivity index (χ0v) is 14.8. The number of fused-ring (bicyclic) bond motifs is 1. The van der Waals surface area contributed by atoms with Crippen molar-refractivity contribution in [3.63, 3.8) is 0 Å². The lowest BCUT2D eigenvalue weighted by molar-refractivity contribution is -0.313. The number of carbonyl (C=O) groups excluding carboxylic acids is 1. The van der Waals surface area contributed by atoms with Crippen LogP contribution in [0.25, 0.3) is 0 Å². The van der Waals surface area contributed by atoms with Gasteiger partial charge in [0.1, 0.15) is 25.8 Å². The van der Waals surface area contributed by atoms with Crippen LogP contribution in [0, 0.1) is 0 Å². The fraction of sp³-hybridized carbons (Fsp3) is 0.882. The fourth-order valence-corrected chi connectivity index (χ4v) is 3.11. The van der Waals surface area contributed by atoms with Gasteiger partial charge < -0.3 is 29.4 Å². The first-order valence-corrected chi connectivity index (χ1v) is 9.12. The van der Waals surface area contributed by atoms with Crippen LogP contribution in [-0.4, -0.2) is 61.5 Å². The molecule has 25 heavy (non-hydrogen) atoms. The van der Waals surface area contributed by atoms with Crippen LogP contribution in [0.4, 0.5) is 0 Å². The van der Waals surface area contributed by atoms with Gasteiger partial charge in [0.2, 0.25) is 0 Å². The maximum absolute atomic E-state index is 12.3. The molecule has 2 fully saturated rings. The highest BCUT2D eigenvalue weighted by Gasteiger charge is 2.49. The Morgan fingerprint density at radius 3 is 2.08 bits per heavy atom. The molecule has 2 N–H and O–H groups in total. The molecular weight excluding hydrogens is 330 g/mol. The van der Waals surface area contributed by atoms with E-state index in [2.05, 4.69) is 12.2 Å². The van der Waals surface area contributed by atoms with Gasteiger partial charge in [-0.05, 0) is 6.42 Å². The van der Waals surface area contributed by atoms with Gasteiger partial charge in [-0.15, -0.1) is 0 Å². The summed E-state index contributed by atoms with van der Waals surface area (Å²) in [5.41, 5.74) is 0. The number of amides is 1. The van der Waals surface area contributed by atoms with E-state index >= 15 is 0 Å². The predicted octanol–water partition coefficient (Wildman–Crippen LogP) is 1.42. The normalized spacial score (nSPS) is 29.0. The number of carboxylic acid groups (broad SMARTS) is 1. The lowest BCUT2D eigenvalue weighted by atomic mass is 10.00. The van der Waals surface area contributed by atoms with Gasteiger partial charge in [-0.3, -0.25) is 4.79 Å². The molecule has 0 saturated carbocycles. The Labute approximate surface area is 148 Å². The van der Waals surface area contributed by atoms with E-state index in [0.29, 0.717) is 6.54 Å². The van der Waals surface area contributed by atoms with E-state index in [1.54, 1.807) is 0 Å². The molecule has 144 valence electrons. The monoisotopic (exact) mass is 359 g/mol. The Bertz CT molecular complexity index is 431. The number of nitrogens with one attached hydrogen (secondary N) is 1. The highest BCUT2D eigenvalue weighted by atomic mass is 16.8. The summed E-state index contributed by atoms with van der Waals surface area (Å²) < 4.78 is 21.1. The molecule has 0 unspecified atom stereocenters. The molecule has 4 atom stereocenters. The lowest BCUT2D eigenvalue weighted by Crippen LogP contribution is -2.62. The van der Waals surface area contributed by atoms with Crippen molar-refractivity contribution < 1.29 is 33.6 Å². The average molecular weight is 359 g/mol. The second-order valence-corrected chi connectivity index (χ2v) is 6.42. The summed E-state index contributed by atoms with van der Waals surface area (Å²) in [6, 6.07) is 0. The molecule has 0 aromatic carbocycles. The number of hydrogen-bond acceptors (Lipinski definition) is 6. The van der Waals surface area contributed by atoms with Crippen LogP contribution in [-0.2, 0) is 28.5 Å². The Morgan fingerprint density at radius 2 is 1.44 bits per heavy atom. The molecule has 1 amide bonds. The summed E-state index contributed by atoms with van der Waals surface area (Å²) in [4.78, 5) is 23.6. The lowest BCUT2D eigenvalue weighted by Gasteiger charge is -2.42. The standard InChI is InChI=1S/C17H29NO7/c1-2-3-4-5-6-7-8-9-18-16(19)14-12-13(23-10-24-14)15(17(20)21)25-11-22-12/h12-15H,2-11H2,1H3,(H,18,19)(H,20,21)/t12-,13-,14-,15+/m0/s1. The molecule has 0 aliphatic carbocycles. The van der Waals surface area contributed by atoms with Crippen LogP contribution in [0.2, 0.25) is 0 Å². The first kappa shape index (κ1) is 20.1. The third-order valence-corrected chi connectivity index (χ3v) is 4.52. The summed E-state index contributed by atoms with van der Waals surface area (Å²) in [7, 11) is 0. The zero-order chi connectivity index (χ0) is 18.1. The van der Waals surface area contributed by atoms with Crippen LogP contribution in [0.15, 0.2) is 0 Å². The molecule has 0 aromatic heterocycles. The van der Waals surface area contributed by atoms with Gasteiger partial charge in [0.05, 0.1) is 0 Å². The van der Waals surface area contributed by atoms with Gasteiger partial charge in [0, 0.05) is 6.54 Å². The molecule has 2 heterocycles. The smallest absolute Gasteiger partial charge is 0.335 e. The molecule has 0 radical (unpaired) electrons. The van der Waals surface area contributed by atoms with Gasteiger partial charge in [-0.1, -0.05) is 45.4 Å². The Balaban J connectivity index is 1.71. The molecular formula is C17H29NO7. The van der Waals surface area contributed by atoms with E-state index in [4.69, 9.17) is 18.9 Å². The molecule has 0 aromatic rings. The van der Waals surface area contributed by atoms with Crippen LogP contribution < -0.4 is 5.32 Å². The Kier molecular flexibility index (Phi) is 8.60. The number of carbonyl (C=O) groups is 2. The zero-order valence-electron chi connectivity index (χ0n) is 14.8. The predicted molar refractivity (Wildman–Crippen MR) is 87.9 cm³/mol. The summed E-state index contributed by atoms with van der Waals surface area (Å²) in [6.45, 7) is 2.41. The largest absolute Gasteiger partial charge is 0.479 e. The van der Waals surface area contributed by atoms with Crippen LogP contribution in [0.3, 0.4) is 0 Å². The average Bonchev–Trinajstić information content (AvgIpc) is 2.62. The molecule has 2 aliphatic heterocycles. The minimum absolute atomic E-state index is 0.160. The summed E-state index contributed by atoms with van der Waals surface area (Å²) in [6.07, 6.45) is 4.52. The molecule has 2 saturated heterocycles. The SMILES string of the molecule is CCCCCCCCCNC(=O)[C@H]1OCO[C@H]2[C@@H]1OCO[C@H]2C(=O)O. The van der Waals surface area contributed by atoms with Crippen LogP contribution in [0.5, 0.6) is 0 Å². The number of hydrogen-bond donors (Lipinski definition) is 2. The third kappa shape index (κ3) is 5.91. The van der Waals surface area contributed by atoms with Crippen molar-refractivity contribution in [2.75, 3.05) is 20.1 Å². The number of carboxylic acids is 1. The van der Waals surface area contributed by atoms with E-state index in [0.717, 1.165) is 12.8 Å². The number of ether oxygens (including phenoxy) is 4. The van der Waals surface area contributed by atoms with Crippen molar-refractivity contribution in [2.45, 2.75) is 76.3 Å². The van der Waals surface area contributed by atoms with E-state index in [-0.39, 0.29) is 19.5 Å². The quantitative estimate of drug-likeness (QED) is 0.569. The summed E-state index contributed by atoms with van der Waals surface area (Å²) in [5, 5.41) is 12.0. The molecule has 8 nitrogen and oxygen atoms in total. The molecule has 2 aliphatic rings. The Morgan fingerprint density at radius 1 is 0.880 bits per heavy atom. The van der Waals surface area contributed by atoms with E-state index in [1.807, 2.05) is 0 Å². The van der Waals surface area contributed by atoms with Gasteiger partial charge in [-0.2, -0.15) is 0 Å². The summed E-state index contributed by atoms with van der Waals surface area (Å²) in [5.74, 6) is -1.43. The van der Waals surface area contributed by atoms with Gasteiger partial charge in [-0.25, -0.2) is 4.79 Å². The molecule has 0 spiro atoms. The van der Waals surface area contributed by atoms with Gasteiger partial charge >= 0.3 is 5.97 Å². The highest BCUT2D eigenvalue weighted by Crippen LogP contribution is 2.26. The van der Waals surface area contributed by atoms with Crippen molar-refractivity contribution in [2.24, 2.45) is 0 Å². The van der Waals surface area contributed by atoms with E-state index in [9.17, 15) is 14.7 Å². The first-order chi connectivity index (χ1) is 12.1. The minimum Gasteiger partial charge on any atom is -0.479 e. The second-order valence-electron chi connectivity index (χ2n) is 6.42. The highest BCUT2D eigenvalue weighted by molar-refractivity contribution is 5.82. The van der Waals surface area contributed by atoms with Crippen molar-refractivity contribution >= 4 is 11.9 Å². The molecule has 0 bridgehead atoms. The number of aliphatic carboxylic acids is 1. The number of unbranched alkanes of at least 4 members (excludes halogenated alkanes) is 6. The van der Waals surface area contributed by atoms with Crippen LogP contribution in [0.1, 0.15) is 51.9 Å². The second kappa shape index (κ2) is 10.7. The van der Waals surface area contributed by atoms with Gasteiger partial charge in [0.25, 0.3) is 5.91 Å². The van der Waals surface area contributed by atoms with Crippen molar-refractivity contribution in [3.05, 3.63) is 0 Å². The number of rotatable bonds is 10. The van der Waals surface area contributed by atoms with E-state index in [1.165, 1.54) is 32.1 Å². The fourth-order valence-electron chi connectivity index (χ4n) is 3.11. The van der Waals surface area contributed by atoms with E-state index < -0.39 is 30.4 Å². The van der Waals surface area contributed by atoms with Crippen LogP contribution >= 0.6 is 0 Å². The first-order valence-electron chi connectivity index (χ1n) is 9.12. The maximum Gasteiger partial charge on any atom is 0.335 e. The maximum atomic E-state index is 12.3.